The van der Waals surface area contributed by atoms with E-state index < -0.39 is 4.92 Å². The first-order valence-electron chi connectivity index (χ1n) is 5.80. The summed E-state index contributed by atoms with van der Waals surface area (Å²) in [5.74, 6) is 0.0391. The van der Waals surface area contributed by atoms with Crippen molar-refractivity contribution >= 4 is 21.6 Å². The van der Waals surface area contributed by atoms with Crippen LogP contribution in [0.25, 0.3) is 0 Å². The first-order valence-corrected chi connectivity index (χ1v) is 6.59. The molecule has 0 aliphatic carbocycles. The highest BCUT2D eigenvalue weighted by atomic mass is 79.9. The van der Waals surface area contributed by atoms with Gasteiger partial charge in [-0.25, -0.2) is 4.39 Å². The van der Waals surface area contributed by atoms with E-state index in [1.165, 1.54) is 12.1 Å². The zero-order valence-electron chi connectivity index (χ0n) is 10.6. The Bertz CT molecular complexity index is 661. The Balaban J connectivity index is 2.21. The van der Waals surface area contributed by atoms with Crippen molar-refractivity contribution in [3.8, 4) is 5.75 Å². The summed E-state index contributed by atoms with van der Waals surface area (Å²) in [6, 6.07) is 9.27. The van der Waals surface area contributed by atoms with Gasteiger partial charge in [-0.05, 0) is 35.0 Å². The van der Waals surface area contributed by atoms with E-state index in [9.17, 15) is 14.5 Å². The van der Waals surface area contributed by atoms with E-state index in [-0.39, 0.29) is 18.1 Å². The zero-order valence-corrected chi connectivity index (χ0v) is 12.2. The van der Waals surface area contributed by atoms with Crippen LogP contribution in [0.1, 0.15) is 11.1 Å². The van der Waals surface area contributed by atoms with Crippen LogP contribution in [-0.4, -0.2) is 4.92 Å². The van der Waals surface area contributed by atoms with Gasteiger partial charge in [0.15, 0.2) is 0 Å². The fourth-order valence-electron chi connectivity index (χ4n) is 1.77. The fourth-order valence-corrected chi connectivity index (χ4v) is 2.15. The summed E-state index contributed by atoms with van der Waals surface area (Å²) in [7, 11) is 0. The molecule has 0 unspecified atom stereocenters. The van der Waals surface area contributed by atoms with Gasteiger partial charge in [-0.2, -0.15) is 0 Å². The Morgan fingerprint density at radius 1 is 1.30 bits per heavy atom. The van der Waals surface area contributed by atoms with Crippen molar-refractivity contribution in [2.24, 2.45) is 0 Å². The van der Waals surface area contributed by atoms with Crippen LogP contribution in [0.15, 0.2) is 40.9 Å². The summed E-state index contributed by atoms with van der Waals surface area (Å²) in [6.45, 7) is 1.74. The van der Waals surface area contributed by atoms with Gasteiger partial charge in [0.05, 0.1) is 15.0 Å². The van der Waals surface area contributed by atoms with Crippen LogP contribution in [0, 0.1) is 22.9 Å². The van der Waals surface area contributed by atoms with Crippen LogP contribution in [0.2, 0.25) is 0 Å². The van der Waals surface area contributed by atoms with Gasteiger partial charge in [-0.1, -0.05) is 18.2 Å². The van der Waals surface area contributed by atoms with E-state index in [0.29, 0.717) is 21.3 Å². The van der Waals surface area contributed by atoms with Crippen molar-refractivity contribution in [1.82, 2.24) is 0 Å². The molecule has 0 heterocycles. The Kier molecular flexibility index (Phi) is 4.34. The monoisotopic (exact) mass is 339 g/mol. The average Bonchev–Trinajstić information content (AvgIpc) is 2.41. The van der Waals surface area contributed by atoms with Gasteiger partial charge in [-0.15, -0.1) is 0 Å². The summed E-state index contributed by atoms with van der Waals surface area (Å²) in [5.41, 5.74) is 1.08. The van der Waals surface area contributed by atoms with E-state index in [1.807, 2.05) is 0 Å². The van der Waals surface area contributed by atoms with E-state index in [4.69, 9.17) is 4.74 Å². The lowest BCUT2D eigenvalue weighted by Gasteiger charge is -2.10. The lowest BCUT2D eigenvalue weighted by Crippen LogP contribution is -2.00. The van der Waals surface area contributed by atoms with Gasteiger partial charge in [0.1, 0.15) is 18.2 Å². The van der Waals surface area contributed by atoms with E-state index >= 15 is 0 Å². The van der Waals surface area contributed by atoms with Crippen molar-refractivity contribution in [3.63, 3.8) is 0 Å². The lowest BCUT2D eigenvalue weighted by molar-refractivity contribution is -0.385. The van der Waals surface area contributed by atoms with E-state index in [0.717, 1.165) is 0 Å². The third kappa shape index (κ3) is 2.96. The molecule has 6 heteroatoms. The first kappa shape index (κ1) is 14.5. The molecule has 0 N–H and O–H groups in total. The van der Waals surface area contributed by atoms with Crippen LogP contribution >= 0.6 is 15.9 Å². The number of hydrogen-bond donors (Lipinski definition) is 0. The van der Waals surface area contributed by atoms with Gasteiger partial charge in [0, 0.05) is 11.6 Å². The minimum atomic E-state index is -0.458. The van der Waals surface area contributed by atoms with Gasteiger partial charge in [0.25, 0.3) is 5.69 Å². The molecule has 0 amide bonds. The second-order valence-corrected chi connectivity index (χ2v) is 4.95. The molecule has 0 saturated heterocycles. The summed E-state index contributed by atoms with van der Waals surface area (Å²) in [6.07, 6.45) is 0. The first-order chi connectivity index (χ1) is 9.50. The number of hydrogen-bond acceptors (Lipinski definition) is 3. The second kappa shape index (κ2) is 6.00. The standard InChI is InChI=1S/C14H11BrFNO3/c1-9-12(17(18)19)6-3-7-13(9)20-8-10-4-2-5-11(16)14(10)15/h2-7H,8H2,1H3. The molecule has 0 radical (unpaired) electrons. The molecule has 2 aromatic rings. The zero-order chi connectivity index (χ0) is 14.7. The number of nitro groups is 1. The molecule has 0 aliphatic heterocycles. The number of nitrogens with zero attached hydrogens (tertiary/aromatic N) is 1. The van der Waals surface area contributed by atoms with Crippen LogP contribution in [-0.2, 0) is 6.61 Å². The molecule has 0 spiro atoms. The third-order valence-electron chi connectivity index (χ3n) is 2.87. The van der Waals surface area contributed by atoms with E-state index in [1.54, 1.807) is 31.2 Å². The van der Waals surface area contributed by atoms with Gasteiger partial charge in [-0.3, -0.25) is 10.1 Å². The minimum Gasteiger partial charge on any atom is -0.488 e. The maximum Gasteiger partial charge on any atom is 0.276 e. The van der Waals surface area contributed by atoms with Crippen molar-refractivity contribution in [3.05, 3.63) is 67.9 Å². The SMILES string of the molecule is Cc1c(OCc2cccc(F)c2Br)cccc1[N+](=O)[O-]. The van der Waals surface area contributed by atoms with Crippen LogP contribution in [0.4, 0.5) is 10.1 Å². The summed E-state index contributed by atoms with van der Waals surface area (Å²) in [5, 5.41) is 10.8. The second-order valence-electron chi connectivity index (χ2n) is 4.16. The molecule has 0 aromatic heterocycles. The molecule has 104 valence electrons. The number of halogens is 2. The van der Waals surface area contributed by atoms with E-state index in [2.05, 4.69) is 15.9 Å². The van der Waals surface area contributed by atoms with Crippen molar-refractivity contribution < 1.29 is 14.1 Å². The third-order valence-corrected chi connectivity index (χ3v) is 3.76. The molecule has 4 nitrogen and oxygen atoms in total. The topological polar surface area (TPSA) is 52.4 Å². The highest BCUT2D eigenvalue weighted by Crippen LogP contribution is 2.28. The maximum absolute atomic E-state index is 13.4. The Morgan fingerprint density at radius 2 is 2.00 bits per heavy atom. The Labute approximate surface area is 123 Å². The van der Waals surface area contributed by atoms with Crippen molar-refractivity contribution in [1.29, 1.82) is 0 Å². The number of rotatable bonds is 4. The van der Waals surface area contributed by atoms with Crippen LogP contribution < -0.4 is 4.74 Å². The number of ether oxygens (including phenoxy) is 1. The molecule has 0 atom stereocenters. The Morgan fingerprint density at radius 3 is 2.70 bits per heavy atom. The van der Waals surface area contributed by atoms with Crippen LogP contribution in [0.5, 0.6) is 5.75 Å². The summed E-state index contributed by atoms with van der Waals surface area (Å²) >= 11 is 3.15. The van der Waals surface area contributed by atoms with Crippen molar-refractivity contribution in [2.45, 2.75) is 13.5 Å². The predicted octanol–water partition coefficient (Wildman–Crippen LogP) is 4.38. The molecule has 0 fully saturated rings. The molecule has 0 aliphatic rings. The van der Waals surface area contributed by atoms with Gasteiger partial charge >= 0.3 is 0 Å². The lowest BCUT2D eigenvalue weighted by atomic mass is 10.2. The van der Waals surface area contributed by atoms with Crippen molar-refractivity contribution in [2.75, 3.05) is 0 Å². The minimum absolute atomic E-state index is 0.000748. The summed E-state index contributed by atoms with van der Waals surface area (Å²) in [4.78, 5) is 10.4. The molecule has 2 aromatic carbocycles. The number of nitro benzene ring substituents is 1. The molecule has 20 heavy (non-hydrogen) atoms. The van der Waals surface area contributed by atoms with Gasteiger partial charge < -0.3 is 4.74 Å². The highest BCUT2D eigenvalue weighted by molar-refractivity contribution is 9.10. The molecule has 2 rings (SSSR count). The smallest absolute Gasteiger partial charge is 0.276 e. The largest absolute Gasteiger partial charge is 0.488 e. The maximum atomic E-state index is 13.4. The molecule has 0 saturated carbocycles. The molecular weight excluding hydrogens is 329 g/mol. The highest BCUT2D eigenvalue weighted by Gasteiger charge is 2.14. The quantitative estimate of drug-likeness (QED) is 0.613. The normalized spacial score (nSPS) is 10.3. The predicted molar refractivity (Wildman–Crippen MR) is 76.3 cm³/mol. The average molecular weight is 340 g/mol. The number of benzene rings is 2. The molecule has 0 bridgehead atoms. The summed E-state index contributed by atoms with van der Waals surface area (Å²) < 4.78 is 19.2. The van der Waals surface area contributed by atoms with Gasteiger partial charge in [0.2, 0.25) is 0 Å². The Hall–Kier alpha value is -1.95. The fraction of sp³-hybridized carbons (Fsp3) is 0.143. The van der Waals surface area contributed by atoms with Crippen LogP contribution in [0.3, 0.4) is 0 Å². The molecular formula is C14H11BrFNO3.